The Morgan fingerprint density at radius 2 is 1.72 bits per heavy atom. The zero-order chi connectivity index (χ0) is 17.6. The Labute approximate surface area is 155 Å². The maximum absolute atomic E-state index is 13.9. The third kappa shape index (κ3) is 4.93. The molecule has 0 unspecified atom stereocenters. The lowest BCUT2D eigenvalue weighted by Crippen LogP contribution is -2.49. The summed E-state index contributed by atoms with van der Waals surface area (Å²) < 4.78 is 20.4. The van der Waals surface area contributed by atoms with Gasteiger partial charge in [-0.3, -0.25) is 4.90 Å². The van der Waals surface area contributed by atoms with Gasteiger partial charge in [0, 0.05) is 32.7 Å². The summed E-state index contributed by atoms with van der Waals surface area (Å²) in [7, 11) is 0. The Bertz CT molecular complexity index is 693. The first-order chi connectivity index (χ1) is 12.1. The number of hydrogen-bond donors (Lipinski definition) is 1. The molecule has 0 saturated carbocycles. The van der Waals surface area contributed by atoms with E-state index in [1.54, 1.807) is 6.07 Å². The van der Waals surface area contributed by atoms with Gasteiger partial charge in [0.05, 0.1) is 10.2 Å². The normalized spacial score (nSPS) is 16.7. The van der Waals surface area contributed by atoms with Crippen LogP contribution in [0.3, 0.4) is 0 Å². The van der Waals surface area contributed by atoms with Gasteiger partial charge in [-0.1, -0.05) is 24.3 Å². The Morgan fingerprint density at radius 3 is 2.44 bits per heavy atom. The third-order valence-electron chi connectivity index (χ3n) is 4.30. The number of β-amino-alcohol motifs (C(OH)–C–C–N with tert-alkyl or cyclic N) is 1. The van der Waals surface area contributed by atoms with Crippen molar-refractivity contribution in [3.63, 3.8) is 0 Å². The fourth-order valence-corrected chi connectivity index (χ4v) is 3.38. The van der Waals surface area contributed by atoms with E-state index in [1.807, 2.05) is 36.4 Å². The lowest BCUT2D eigenvalue weighted by Gasteiger charge is -2.36. The number of benzene rings is 2. The summed E-state index contributed by atoms with van der Waals surface area (Å²) in [5, 5.41) is 10.2. The molecule has 1 aliphatic heterocycles. The minimum Gasteiger partial charge on any atom is -0.490 e. The summed E-state index contributed by atoms with van der Waals surface area (Å²) in [4.78, 5) is 4.24. The first-order valence-electron chi connectivity index (χ1n) is 8.40. The molecule has 0 amide bonds. The van der Waals surface area contributed by atoms with Crippen molar-refractivity contribution in [2.45, 2.75) is 6.10 Å². The molecule has 2 aromatic rings. The quantitative estimate of drug-likeness (QED) is 0.796. The molecule has 0 aromatic heterocycles. The van der Waals surface area contributed by atoms with Crippen LogP contribution in [-0.2, 0) is 0 Å². The van der Waals surface area contributed by atoms with Crippen LogP contribution in [0.15, 0.2) is 53.0 Å². The van der Waals surface area contributed by atoms with Crippen molar-refractivity contribution in [3.8, 4) is 5.75 Å². The number of ether oxygens (including phenoxy) is 1. The standard InChI is InChI=1S/C19H22BrFN2O2/c20-16-5-1-4-8-19(16)25-14-15(24)13-22-9-11-23(12-10-22)18-7-3-2-6-17(18)21/h1-8,15,24H,9-14H2/t15-/m0/s1. The summed E-state index contributed by atoms with van der Waals surface area (Å²) in [6, 6.07) is 14.4. The number of anilines is 1. The molecule has 1 saturated heterocycles. The van der Waals surface area contributed by atoms with Gasteiger partial charge in [0.2, 0.25) is 0 Å². The molecule has 6 heteroatoms. The average Bonchev–Trinajstić information content (AvgIpc) is 2.62. The van der Waals surface area contributed by atoms with Gasteiger partial charge in [-0.05, 0) is 40.2 Å². The zero-order valence-electron chi connectivity index (χ0n) is 13.9. The number of aliphatic hydroxyl groups excluding tert-OH is 1. The van der Waals surface area contributed by atoms with Gasteiger partial charge in [0.25, 0.3) is 0 Å². The third-order valence-corrected chi connectivity index (χ3v) is 4.96. The molecule has 0 spiro atoms. The van der Waals surface area contributed by atoms with Crippen LogP contribution in [0.2, 0.25) is 0 Å². The molecule has 25 heavy (non-hydrogen) atoms. The van der Waals surface area contributed by atoms with Crippen LogP contribution in [0.5, 0.6) is 5.75 Å². The molecule has 1 atom stereocenters. The van der Waals surface area contributed by atoms with E-state index in [0.717, 1.165) is 36.4 Å². The molecule has 1 N–H and O–H groups in total. The van der Waals surface area contributed by atoms with Crippen LogP contribution < -0.4 is 9.64 Å². The van der Waals surface area contributed by atoms with E-state index < -0.39 is 6.10 Å². The smallest absolute Gasteiger partial charge is 0.146 e. The van der Waals surface area contributed by atoms with Gasteiger partial charge in [-0.15, -0.1) is 0 Å². The Balaban J connectivity index is 1.44. The lowest BCUT2D eigenvalue weighted by atomic mass is 10.2. The van der Waals surface area contributed by atoms with Crippen LogP contribution in [0.1, 0.15) is 0 Å². The molecule has 4 nitrogen and oxygen atoms in total. The van der Waals surface area contributed by atoms with Crippen molar-refractivity contribution in [1.82, 2.24) is 4.90 Å². The molecule has 2 aromatic carbocycles. The van der Waals surface area contributed by atoms with E-state index in [2.05, 4.69) is 25.7 Å². The molecular formula is C19H22BrFN2O2. The predicted octanol–water partition coefficient (Wildman–Crippen LogP) is 3.15. The first kappa shape index (κ1) is 18.2. The molecule has 1 fully saturated rings. The van der Waals surface area contributed by atoms with Crippen LogP contribution in [0, 0.1) is 5.82 Å². The Hall–Kier alpha value is -1.63. The Kier molecular flexibility index (Phi) is 6.29. The number of halogens is 2. The van der Waals surface area contributed by atoms with E-state index in [4.69, 9.17) is 4.74 Å². The zero-order valence-corrected chi connectivity index (χ0v) is 15.5. The van der Waals surface area contributed by atoms with E-state index in [-0.39, 0.29) is 12.4 Å². The number of aliphatic hydroxyl groups is 1. The van der Waals surface area contributed by atoms with Crippen molar-refractivity contribution in [2.24, 2.45) is 0 Å². The highest BCUT2D eigenvalue weighted by Gasteiger charge is 2.21. The van der Waals surface area contributed by atoms with Gasteiger partial charge >= 0.3 is 0 Å². The molecule has 1 aliphatic rings. The van der Waals surface area contributed by atoms with Gasteiger partial charge in [0.15, 0.2) is 0 Å². The number of rotatable bonds is 6. The van der Waals surface area contributed by atoms with E-state index in [9.17, 15) is 9.50 Å². The fraction of sp³-hybridized carbons (Fsp3) is 0.368. The van der Waals surface area contributed by atoms with Crippen LogP contribution in [-0.4, -0.2) is 55.4 Å². The average molecular weight is 409 g/mol. The van der Waals surface area contributed by atoms with Crippen molar-refractivity contribution >= 4 is 21.6 Å². The van der Waals surface area contributed by atoms with Crippen molar-refractivity contribution in [3.05, 3.63) is 58.8 Å². The molecule has 1 heterocycles. The maximum atomic E-state index is 13.9. The van der Waals surface area contributed by atoms with Crippen LogP contribution in [0.4, 0.5) is 10.1 Å². The minimum atomic E-state index is -0.563. The summed E-state index contributed by atoms with van der Waals surface area (Å²) in [5.74, 6) is 0.545. The SMILES string of the molecule is O[C@H](COc1ccccc1Br)CN1CCN(c2ccccc2F)CC1. The predicted molar refractivity (Wildman–Crippen MR) is 101 cm³/mol. The number of hydrogen-bond acceptors (Lipinski definition) is 4. The second-order valence-corrected chi connectivity index (χ2v) is 6.99. The van der Waals surface area contributed by atoms with Gasteiger partial charge in [-0.25, -0.2) is 4.39 Å². The van der Waals surface area contributed by atoms with Crippen molar-refractivity contribution in [2.75, 3.05) is 44.2 Å². The van der Waals surface area contributed by atoms with E-state index in [1.165, 1.54) is 6.07 Å². The fourth-order valence-electron chi connectivity index (χ4n) is 2.98. The topological polar surface area (TPSA) is 35.9 Å². The monoisotopic (exact) mass is 408 g/mol. The number of para-hydroxylation sites is 2. The summed E-state index contributed by atoms with van der Waals surface area (Å²) in [6.07, 6.45) is -0.563. The first-order valence-corrected chi connectivity index (χ1v) is 9.20. The highest BCUT2D eigenvalue weighted by Crippen LogP contribution is 2.24. The molecular weight excluding hydrogens is 387 g/mol. The van der Waals surface area contributed by atoms with E-state index in [0.29, 0.717) is 12.2 Å². The Morgan fingerprint density at radius 1 is 1.04 bits per heavy atom. The highest BCUT2D eigenvalue weighted by molar-refractivity contribution is 9.10. The second-order valence-electron chi connectivity index (χ2n) is 6.13. The lowest BCUT2D eigenvalue weighted by molar-refractivity contribution is 0.0660. The highest BCUT2D eigenvalue weighted by atomic mass is 79.9. The molecule has 0 radical (unpaired) electrons. The van der Waals surface area contributed by atoms with Gasteiger partial charge < -0.3 is 14.7 Å². The van der Waals surface area contributed by atoms with Gasteiger partial charge in [-0.2, -0.15) is 0 Å². The van der Waals surface area contributed by atoms with Crippen LogP contribution in [0.25, 0.3) is 0 Å². The molecule has 134 valence electrons. The minimum absolute atomic E-state index is 0.183. The largest absolute Gasteiger partial charge is 0.490 e. The summed E-state index contributed by atoms with van der Waals surface area (Å²) in [6.45, 7) is 3.88. The number of nitrogens with zero attached hydrogens (tertiary/aromatic N) is 2. The summed E-state index contributed by atoms with van der Waals surface area (Å²) in [5.41, 5.74) is 0.653. The van der Waals surface area contributed by atoms with Crippen molar-refractivity contribution in [1.29, 1.82) is 0 Å². The van der Waals surface area contributed by atoms with Crippen LogP contribution >= 0.6 is 15.9 Å². The number of piperazine rings is 1. The second kappa shape index (κ2) is 8.65. The van der Waals surface area contributed by atoms with E-state index >= 15 is 0 Å². The molecule has 0 aliphatic carbocycles. The molecule has 0 bridgehead atoms. The molecule has 3 rings (SSSR count). The van der Waals surface area contributed by atoms with Crippen molar-refractivity contribution < 1.29 is 14.2 Å². The maximum Gasteiger partial charge on any atom is 0.146 e. The van der Waals surface area contributed by atoms with Gasteiger partial charge in [0.1, 0.15) is 24.3 Å². The summed E-state index contributed by atoms with van der Waals surface area (Å²) >= 11 is 3.43.